The zero-order valence-electron chi connectivity index (χ0n) is 28.1. The van der Waals surface area contributed by atoms with Gasteiger partial charge in [-0.15, -0.1) is 0 Å². The molecule has 1 unspecified atom stereocenters. The fraction of sp³-hybridized carbons (Fsp3) is 0.462. The van der Waals surface area contributed by atoms with Crippen molar-refractivity contribution in [2.24, 2.45) is 5.41 Å². The molecular weight excluding hydrogens is 576 g/mol. The molecule has 2 aliphatic heterocycles. The number of benzene rings is 1. The van der Waals surface area contributed by atoms with Crippen LogP contribution >= 0.6 is 0 Å². The molecule has 1 aliphatic carbocycles. The van der Waals surface area contributed by atoms with Gasteiger partial charge in [-0.25, -0.2) is 0 Å². The van der Waals surface area contributed by atoms with E-state index in [1.54, 1.807) is 18.4 Å². The van der Waals surface area contributed by atoms with Gasteiger partial charge in [0.25, 0.3) is 0 Å². The largest absolute Gasteiger partial charge is 0.486 e. The number of hydrogen-bond acceptors (Lipinski definition) is 6. The molecule has 1 aromatic carbocycles. The number of rotatable bonds is 11. The van der Waals surface area contributed by atoms with Gasteiger partial charge < -0.3 is 29.2 Å². The fourth-order valence-corrected chi connectivity index (χ4v) is 6.70. The lowest BCUT2D eigenvalue weighted by Gasteiger charge is -2.32. The van der Waals surface area contributed by atoms with Gasteiger partial charge in [0.1, 0.15) is 0 Å². The normalized spacial score (nSPS) is 21.3. The predicted octanol–water partition coefficient (Wildman–Crippen LogP) is 8.04. The lowest BCUT2D eigenvalue weighted by Crippen LogP contribution is -2.44. The van der Waals surface area contributed by atoms with E-state index in [1.807, 2.05) is 37.3 Å². The Bertz CT molecular complexity index is 1580. The number of hydrogen-bond donors (Lipinski definition) is 2. The molecule has 2 N–H and O–H groups in total. The molecule has 0 spiro atoms. The molecule has 5 rings (SSSR count). The standard InChI is InChI=1S/C39H50N2O5/c1-27(12-14-33-29(3)11-7-19-39(33,4)5)9-6-10-28(2)25-34(42)40-32-16-21-41(22-17-32)20-8-23-44-38-36-31(18-24-45-36)26-30-13-15-35(43)46-37(30)38/h6,9-10,12-15,18,24-26,32,35,43H,7-8,11,16-17,19-23H2,1-5H3,(H,40,42). The highest BCUT2D eigenvalue weighted by Gasteiger charge is 2.26. The second-order valence-corrected chi connectivity index (χ2v) is 13.6. The van der Waals surface area contributed by atoms with Gasteiger partial charge in [-0.3, -0.25) is 4.79 Å². The first-order valence-corrected chi connectivity index (χ1v) is 16.7. The van der Waals surface area contributed by atoms with Crippen molar-refractivity contribution in [1.29, 1.82) is 0 Å². The number of carbonyl (C=O) groups is 1. The second kappa shape index (κ2) is 15.2. The van der Waals surface area contributed by atoms with E-state index in [0.29, 0.717) is 23.7 Å². The maximum atomic E-state index is 12.7. The molecule has 2 aromatic rings. The average Bonchev–Trinajstić information content (AvgIpc) is 3.47. The van der Waals surface area contributed by atoms with Gasteiger partial charge in [-0.05, 0) is 100 Å². The van der Waals surface area contributed by atoms with Crippen LogP contribution in [0.3, 0.4) is 0 Å². The molecular formula is C39H50N2O5. The SMILES string of the molecule is CC(C=CC1=C(C)CCCC1(C)C)=CC=CC(C)=CC(=O)NC1CCN(CCCOc2c3c(cc4ccoc24)C=CC(O)O3)CC1. The minimum absolute atomic E-state index is 0.0332. The number of carbonyl (C=O) groups excluding carboxylic acids is 1. The molecule has 1 aromatic heterocycles. The van der Waals surface area contributed by atoms with Gasteiger partial charge in [-0.2, -0.15) is 0 Å². The van der Waals surface area contributed by atoms with E-state index in [2.05, 4.69) is 56.1 Å². The van der Waals surface area contributed by atoms with E-state index in [-0.39, 0.29) is 17.4 Å². The van der Waals surface area contributed by atoms with Crippen LogP contribution in [0.1, 0.15) is 78.7 Å². The van der Waals surface area contributed by atoms with Gasteiger partial charge in [0, 0.05) is 42.7 Å². The Balaban J connectivity index is 1.02. The Hall–Kier alpha value is -3.81. The number of nitrogens with one attached hydrogen (secondary N) is 1. The van der Waals surface area contributed by atoms with Gasteiger partial charge in [0.2, 0.25) is 17.9 Å². The van der Waals surface area contributed by atoms with Crippen molar-refractivity contribution in [3.63, 3.8) is 0 Å². The Kier molecular flexibility index (Phi) is 11.1. The average molecular weight is 627 g/mol. The first-order valence-electron chi connectivity index (χ1n) is 16.7. The van der Waals surface area contributed by atoms with E-state index in [0.717, 1.165) is 55.4 Å². The minimum atomic E-state index is -1.000. The van der Waals surface area contributed by atoms with Crippen molar-refractivity contribution in [2.75, 3.05) is 26.2 Å². The molecule has 1 saturated heterocycles. The monoisotopic (exact) mass is 626 g/mol. The number of aliphatic hydroxyl groups excluding tert-OH is 1. The number of piperidine rings is 1. The smallest absolute Gasteiger partial charge is 0.244 e. The van der Waals surface area contributed by atoms with Gasteiger partial charge >= 0.3 is 0 Å². The first kappa shape index (κ1) is 33.6. The molecule has 1 atom stereocenters. The highest BCUT2D eigenvalue weighted by atomic mass is 16.6. The van der Waals surface area contributed by atoms with Crippen molar-refractivity contribution in [1.82, 2.24) is 10.2 Å². The zero-order valence-corrected chi connectivity index (χ0v) is 28.1. The lowest BCUT2D eigenvalue weighted by molar-refractivity contribution is -0.117. The molecule has 0 saturated carbocycles. The Labute approximate surface area is 274 Å². The van der Waals surface area contributed by atoms with Crippen molar-refractivity contribution in [3.8, 4) is 11.5 Å². The summed E-state index contributed by atoms with van der Waals surface area (Å²) in [4.78, 5) is 15.1. The Morgan fingerprint density at radius 3 is 2.78 bits per heavy atom. The number of amides is 1. The van der Waals surface area contributed by atoms with E-state index in [4.69, 9.17) is 13.9 Å². The molecule has 0 bridgehead atoms. The third-order valence-electron chi connectivity index (χ3n) is 9.29. The highest BCUT2D eigenvalue weighted by Crippen LogP contribution is 2.43. The summed E-state index contributed by atoms with van der Waals surface area (Å²) in [6, 6.07) is 4.05. The van der Waals surface area contributed by atoms with Crippen molar-refractivity contribution >= 4 is 23.0 Å². The van der Waals surface area contributed by atoms with Crippen LogP contribution in [0, 0.1) is 5.41 Å². The fourth-order valence-electron chi connectivity index (χ4n) is 6.70. The Morgan fingerprint density at radius 2 is 2.00 bits per heavy atom. The number of fused-ring (bicyclic) bond motifs is 2. The number of likely N-dealkylation sites (tertiary alicyclic amines) is 1. The third kappa shape index (κ3) is 8.71. The molecule has 3 aliphatic rings. The zero-order chi connectivity index (χ0) is 32.7. The Morgan fingerprint density at radius 1 is 1.20 bits per heavy atom. The minimum Gasteiger partial charge on any atom is -0.486 e. The lowest BCUT2D eigenvalue weighted by atomic mass is 9.72. The van der Waals surface area contributed by atoms with E-state index in [1.165, 1.54) is 36.0 Å². The number of nitrogens with zero attached hydrogens (tertiary/aromatic N) is 1. The van der Waals surface area contributed by atoms with Crippen LogP contribution in [-0.4, -0.2) is 54.5 Å². The molecule has 1 fully saturated rings. The van der Waals surface area contributed by atoms with E-state index in [9.17, 15) is 9.90 Å². The summed E-state index contributed by atoms with van der Waals surface area (Å²) in [6.07, 6.45) is 22.8. The third-order valence-corrected chi connectivity index (χ3v) is 9.29. The van der Waals surface area contributed by atoms with Crippen molar-refractivity contribution in [3.05, 3.63) is 88.8 Å². The van der Waals surface area contributed by atoms with Gasteiger partial charge in [0.05, 0.1) is 12.9 Å². The van der Waals surface area contributed by atoms with Crippen LogP contribution < -0.4 is 14.8 Å². The second-order valence-electron chi connectivity index (χ2n) is 13.6. The number of ether oxygens (including phenoxy) is 2. The maximum Gasteiger partial charge on any atom is 0.244 e. The van der Waals surface area contributed by atoms with E-state index < -0.39 is 6.29 Å². The molecule has 46 heavy (non-hydrogen) atoms. The summed E-state index contributed by atoms with van der Waals surface area (Å²) in [5.41, 5.74) is 6.82. The molecule has 246 valence electrons. The molecule has 1 amide bonds. The predicted molar refractivity (Wildman–Crippen MR) is 186 cm³/mol. The summed E-state index contributed by atoms with van der Waals surface area (Å²) in [5.74, 6) is 1.02. The van der Waals surface area contributed by atoms with Crippen LogP contribution in [0.15, 0.2) is 87.6 Å². The summed E-state index contributed by atoms with van der Waals surface area (Å²) >= 11 is 0. The summed E-state index contributed by atoms with van der Waals surface area (Å²) in [5, 5.41) is 14.1. The number of allylic oxidation sites excluding steroid dienone is 9. The van der Waals surface area contributed by atoms with Gasteiger partial charge in [0.15, 0.2) is 11.3 Å². The summed E-state index contributed by atoms with van der Waals surface area (Å²) in [6.45, 7) is 14.3. The quantitative estimate of drug-likeness (QED) is 0.149. The topological polar surface area (TPSA) is 84.2 Å². The molecule has 0 radical (unpaired) electrons. The number of furan rings is 1. The van der Waals surface area contributed by atoms with Crippen molar-refractivity contribution in [2.45, 2.75) is 85.5 Å². The van der Waals surface area contributed by atoms with Crippen LogP contribution in [0.5, 0.6) is 11.5 Å². The summed E-state index contributed by atoms with van der Waals surface area (Å²) < 4.78 is 17.5. The van der Waals surface area contributed by atoms with Crippen molar-refractivity contribution < 1.29 is 23.8 Å². The van der Waals surface area contributed by atoms with Crippen LogP contribution in [-0.2, 0) is 4.79 Å². The molecule has 7 nitrogen and oxygen atoms in total. The number of aliphatic hydroxyl groups is 1. The van der Waals surface area contributed by atoms with Crippen LogP contribution in [0.25, 0.3) is 17.0 Å². The molecule has 7 heteroatoms. The van der Waals surface area contributed by atoms with Crippen LogP contribution in [0.4, 0.5) is 0 Å². The van der Waals surface area contributed by atoms with Crippen LogP contribution in [0.2, 0.25) is 0 Å². The summed E-state index contributed by atoms with van der Waals surface area (Å²) in [7, 11) is 0. The van der Waals surface area contributed by atoms with Gasteiger partial charge in [-0.1, -0.05) is 55.4 Å². The maximum absolute atomic E-state index is 12.7. The first-order chi connectivity index (χ1) is 22.1. The van der Waals surface area contributed by atoms with E-state index >= 15 is 0 Å². The molecule has 3 heterocycles. The highest BCUT2D eigenvalue weighted by molar-refractivity contribution is 5.90.